The van der Waals surface area contributed by atoms with E-state index in [2.05, 4.69) is 23.8 Å². The highest BCUT2D eigenvalue weighted by Gasteiger charge is 2.19. The van der Waals surface area contributed by atoms with E-state index in [1.807, 2.05) is 24.3 Å². The van der Waals surface area contributed by atoms with E-state index in [4.69, 9.17) is 9.47 Å². The van der Waals surface area contributed by atoms with Gasteiger partial charge in [0.1, 0.15) is 0 Å². The fraction of sp³-hybridized carbons (Fsp3) is 0.645. The maximum Gasteiger partial charge on any atom is 0.310 e. The van der Waals surface area contributed by atoms with Crippen molar-refractivity contribution in [3.63, 3.8) is 0 Å². The van der Waals surface area contributed by atoms with E-state index in [0.29, 0.717) is 24.6 Å². The van der Waals surface area contributed by atoms with Crippen LogP contribution in [-0.4, -0.2) is 40.9 Å². The number of ether oxygens (including phenoxy) is 2. The highest BCUT2D eigenvalue weighted by Crippen LogP contribution is 2.26. The number of unbranched alkanes of at least 4 members (excludes halogenated alkanes) is 10. The Balaban J connectivity index is 1.72. The molecule has 1 aromatic carbocycles. The Morgan fingerprint density at radius 1 is 0.757 bits per heavy atom. The van der Waals surface area contributed by atoms with Crippen molar-refractivity contribution >= 4 is 5.97 Å². The molecule has 206 valence electrons. The molecular weight excluding hydrogens is 464 g/mol. The summed E-state index contributed by atoms with van der Waals surface area (Å²) in [4.78, 5) is 20.8. The Kier molecular flexibility index (Phi) is 16.3. The van der Waals surface area contributed by atoms with Crippen molar-refractivity contribution in [2.45, 2.75) is 110 Å². The van der Waals surface area contributed by atoms with E-state index >= 15 is 0 Å². The molecule has 0 aliphatic rings. The van der Waals surface area contributed by atoms with Crippen LogP contribution < -0.4 is 4.74 Å². The number of rotatable bonds is 22. The molecule has 0 fully saturated rings. The highest BCUT2D eigenvalue weighted by atomic mass is 16.5. The van der Waals surface area contributed by atoms with Gasteiger partial charge in [-0.05, 0) is 31.2 Å². The van der Waals surface area contributed by atoms with Gasteiger partial charge >= 0.3 is 5.97 Å². The first-order valence-electron chi connectivity index (χ1n) is 14.5. The summed E-state index contributed by atoms with van der Waals surface area (Å²) in [6.45, 7) is 6.67. The molecule has 0 spiro atoms. The summed E-state index contributed by atoms with van der Waals surface area (Å²) < 4.78 is 11.4. The van der Waals surface area contributed by atoms with Crippen molar-refractivity contribution in [1.29, 1.82) is 0 Å². The molecule has 6 heteroatoms. The van der Waals surface area contributed by atoms with Crippen LogP contribution in [0.4, 0.5) is 0 Å². The number of benzene rings is 1. The van der Waals surface area contributed by atoms with Gasteiger partial charge in [0.15, 0.2) is 11.6 Å². The molecule has 1 unspecified atom stereocenters. The molecule has 37 heavy (non-hydrogen) atoms. The largest absolute Gasteiger partial charge is 0.490 e. The normalized spacial score (nSPS) is 11.9. The van der Waals surface area contributed by atoms with Crippen molar-refractivity contribution in [3.8, 4) is 17.1 Å². The van der Waals surface area contributed by atoms with Gasteiger partial charge in [0.2, 0.25) is 0 Å². The second kappa shape index (κ2) is 19.6. The van der Waals surface area contributed by atoms with Crippen LogP contribution in [0.5, 0.6) is 5.75 Å². The summed E-state index contributed by atoms with van der Waals surface area (Å²) in [5, 5.41) is 9.76. The lowest BCUT2D eigenvalue weighted by Crippen LogP contribution is -2.11. The molecule has 2 aromatic rings. The first-order valence-corrected chi connectivity index (χ1v) is 14.5. The van der Waals surface area contributed by atoms with Crippen LogP contribution >= 0.6 is 0 Å². The second-order valence-corrected chi connectivity index (χ2v) is 9.89. The maximum absolute atomic E-state index is 11.9. The molecule has 1 atom stereocenters. The molecule has 1 aromatic heterocycles. The van der Waals surface area contributed by atoms with E-state index in [1.165, 1.54) is 51.4 Å². The lowest BCUT2D eigenvalue weighted by atomic mass is 9.92. The number of carbonyl (C=O) groups is 1. The van der Waals surface area contributed by atoms with Crippen molar-refractivity contribution < 1.29 is 19.4 Å². The highest BCUT2D eigenvalue weighted by molar-refractivity contribution is 5.76. The predicted octanol–water partition coefficient (Wildman–Crippen LogP) is 8.21. The Morgan fingerprint density at radius 2 is 1.30 bits per heavy atom. The predicted molar refractivity (Wildman–Crippen MR) is 150 cm³/mol. The monoisotopic (exact) mass is 512 g/mol. The van der Waals surface area contributed by atoms with E-state index in [0.717, 1.165) is 56.4 Å². The van der Waals surface area contributed by atoms with E-state index in [-0.39, 0.29) is 0 Å². The van der Waals surface area contributed by atoms with Gasteiger partial charge in [-0.15, -0.1) is 0 Å². The van der Waals surface area contributed by atoms with Crippen LogP contribution in [0.1, 0.15) is 115 Å². The van der Waals surface area contributed by atoms with E-state index in [1.54, 1.807) is 12.4 Å². The van der Waals surface area contributed by atoms with E-state index in [9.17, 15) is 9.90 Å². The zero-order chi connectivity index (χ0) is 26.6. The fourth-order valence-electron chi connectivity index (χ4n) is 4.37. The Hall–Kier alpha value is -2.47. The van der Waals surface area contributed by atoms with Gasteiger partial charge in [-0.1, -0.05) is 102 Å². The van der Waals surface area contributed by atoms with Gasteiger partial charge in [0.25, 0.3) is 0 Å². The zero-order valence-electron chi connectivity index (χ0n) is 23.1. The molecule has 1 heterocycles. The average Bonchev–Trinajstić information content (AvgIpc) is 2.92. The van der Waals surface area contributed by atoms with Crippen LogP contribution in [0.2, 0.25) is 0 Å². The van der Waals surface area contributed by atoms with Crippen LogP contribution in [0, 0.1) is 0 Å². The molecule has 0 bridgehead atoms. The zero-order valence-corrected chi connectivity index (χ0v) is 23.1. The maximum atomic E-state index is 11.9. The van der Waals surface area contributed by atoms with Crippen LogP contribution in [0.3, 0.4) is 0 Å². The molecular formula is C31H48N2O4. The average molecular weight is 513 g/mol. The SMILES string of the molecule is CCCCCCCCCCC(C(=O)O)c1ccc(-c2ncc(OCCCCOCCCCC)cn2)cc1. The summed E-state index contributed by atoms with van der Waals surface area (Å²) in [5.74, 6) is 0.0407. The van der Waals surface area contributed by atoms with Crippen LogP contribution in [-0.2, 0) is 9.53 Å². The lowest BCUT2D eigenvalue weighted by Gasteiger charge is -2.13. The number of hydrogen-bond donors (Lipinski definition) is 1. The molecule has 0 aliphatic heterocycles. The number of carboxylic acids is 1. The quantitative estimate of drug-likeness (QED) is 0.160. The van der Waals surface area contributed by atoms with Crippen molar-refractivity contribution in [1.82, 2.24) is 9.97 Å². The third kappa shape index (κ3) is 13.1. The molecule has 2 rings (SSSR count). The molecule has 0 amide bonds. The lowest BCUT2D eigenvalue weighted by molar-refractivity contribution is -0.139. The standard InChI is InChI=1S/C31H48N2O4/c1-3-5-7-8-9-10-11-12-16-29(31(34)35)26-17-19-27(20-18-26)30-32-24-28(25-33-30)37-23-15-14-22-36-21-13-6-4-2/h17-20,24-25,29H,3-16,21-23H2,1-2H3,(H,34,35). The topological polar surface area (TPSA) is 81.5 Å². The summed E-state index contributed by atoms with van der Waals surface area (Å²) in [5.41, 5.74) is 1.71. The minimum Gasteiger partial charge on any atom is -0.490 e. The van der Waals surface area contributed by atoms with E-state index < -0.39 is 11.9 Å². The van der Waals surface area contributed by atoms with Crippen LogP contribution in [0.15, 0.2) is 36.7 Å². The Bertz CT molecular complexity index is 839. The molecule has 0 aliphatic carbocycles. The first-order chi connectivity index (χ1) is 18.2. The number of aromatic nitrogens is 2. The Morgan fingerprint density at radius 3 is 1.92 bits per heavy atom. The molecule has 0 radical (unpaired) electrons. The molecule has 0 saturated carbocycles. The van der Waals surface area contributed by atoms with Gasteiger partial charge in [0, 0.05) is 18.8 Å². The number of hydrogen-bond acceptors (Lipinski definition) is 5. The molecule has 6 nitrogen and oxygen atoms in total. The Labute approximate surface area is 224 Å². The molecule has 0 saturated heterocycles. The minimum atomic E-state index is -0.753. The third-order valence-electron chi connectivity index (χ3n) is 6.69. The van der Waals surface area contributed by atoms with Gasteiger partial charge in [-0.3, -0.25) is 4.79 Å². The van der Waals surface area contributed by atoms with Gasteiger partial charge in [-0.25, -0.2) is 9.97 Å². The first kappa shape index (κ1) is 30.8. The van der Waals surface area contributed by atoms with Crippen molar-refractivity contribution in [2.24, 2.45) is 0 Å². The smallest absolute Gasteiger partial charge is 0.310 e. The summed E-state index contributed by atoms with van der Waals surface area (Å²) in [6, 6.07) is 7.62. The van der Waals surface area contributed by atoms with Gasteiger partial charge < -0.3 is 14.6 Å². The van der Waals surface area contributed by atoms with Gasteiger partial charge in [-0.2, -0.15) is 0 Å². The summed E-state index contributed by atoms with van der Waals surface area (Å²) in [6.07, 6.45) is 19.2. The minimum absolute atomic E-state index is 0.465. The third-order valence-corrected chi connectivity index (χ3v) is 6.69. The van der Waals surface area contributed by atoms with Crippen molar-refractivity contribution in [3.05, 3.63) is 42.2 Å². The van der Waals surface area contributed by atoms with Crippen molar-refractivity contribution in [2.75, 3.05) is 19.8 Å². The summed E-state index contributed by atoms with van der Waals surface area (Å²) >= 11 is 0. The number of carboxylic acid groups (broad SMARTS) is 1. The van der Waals surface area contributed by atoms with Crippen LogP contribution in [0.25, 0.3) is 11.4 Å². The number of nitrogens with zero attached hydrogens (tertiary/aromatic N) is 2. The number of aliphatic carboxylic acids is 1. The fourth-order valence-corrected chi connectivity index (χ4v) is 4.37. The molecule has 1 N–H and O–H groups in total. The second-order valence-electron chi connectivity index (χ2n) is 9.89. The van der Waals surface area contributed by atoms with Gasteiger partial charge in [0.05, 0.1) is 24.9 Å². The summed E-state index contributed by atoms with van der Waals surface area (Å²) in [7, 11) is 0.